The maximum Gasteiger partial charge on any atom is 0.277 e. The van der Waals surface area contributed by atoms with Gasteiger partial charge < -0.3 is 10.1 Å². The zero-order valence-electron chi connectivity index (χ0n) is 17.3. The fraction of sp³-hybridized carbons (Fsp3) is 0.364. The number of aromatic nitrogens is 1. The van der Waals surface area contributed by atoms with Gasteiger partial charge in [-0.25, -0.2) is 17.9 Å². The summed E-state index contributed by atoms with van der Waals surface area (Å²) in [5.41, 5.74) is 2.19. The summed E-state index contributed by atoms with van der Waals surface area (Å²) in [6, 6.07) is 7.87. The molecule has 2 aromatic carbocycles. The number of nitrogens with one attached hydrogen (secondary N) is 3. The molecule has 1 atom stereocenters. The first-order valence-corrected chi connectivity index (χ1v) is 11.8. The zero-order chi connectivity index (χ0) is 23.0. The molecule has 4 N–H and O–H groups in total. The van der Waals surface area contributed by atoms with E-state index < -0.39 is 33.8 Å². The van der Waals surface area contributed by atoms with Crippen molar-refractivity contribution in [1.82, 2.24) is 14.4 Å². The molecule has 0 amide bonds. The van der Waals surface area contributed by atoms with Crippen LogP contribution in [0.4, 0.5) is 13.2 Å². The van der Waals surface area contributed by atoms with E-state index in [1.165, 1.54) is 25.1 Å². The normalized spacial score (nSPS) is 19.8. The lowest BCUT2D eigenvalue weighted by molar-refractivity contribution is 0.198. The lowest BCUT2D eigenvalue weighted by Gasteiger charge is -2.36. The van der Waals surface area contributed by atoms with Gasteiger partial charge >= 0.3 is 0 Å². The predicted octanol–water partition coefficient (Wildman–Crippen LogP) is 3.55. The molecule has 3 aromatic rings. The third kappa shape index (κ3) is 4.83. The van der Waals surface area contributed by atoms with Crippen LogP contribution in [0.2, 0.25) is 0 Å². The molecule has 1 aromatic heterocycles. The molecule has 4 rings (SSSR count). The van der Waals surface area contributed by atoms with Gasteiger partial charge in [0.15, 0.2) is 0 Å². The minimum absolute atomic E-state index is 0.0371. The number of aliphatic hydroxyl groups is 1. The Labute approximate surface area is 184 Å². The number of rotatable bonds is 8. The van der Waals surface area contributed by atoms with Gasteiger partial charge in [-0.05, 0) is 73.1 Å². The van der Waals surface area contributed by atoms with Crippen LogP contribution in [-0.4, -0.2) is 37.7 Å². The van der Waals surface area contributed by atoms with Crippen molar-refractivity contribution in [3.8, 4) is 11.3 Å². The second kappa shape index (κ2) is 8.86. The van der Waals surface area contributed by atoms with Crippen LogP contribution in [0.5, 0.6) is 0 Å². The second-order valence-electron chi connectivity index (χ2n) is 8.31. The number of hydrogen-bond donors (Lipinski definition) is 4. The van der Waals surface area contributed by atoms with Gasteiger partial charge in [0, 0.05) is 24.5 Å². The SMILES string of the molecule is C[C@@H](O)CNS(=O)(=O)NC[C@H]1C[C@H](c2c(-c3ccc(F)cc3)[nH]c3c(F)cc(F)cc32)C1. The standard InChI is InChI=1S/C22H24F3N3O3S/c1-12(29)10-26-32(30,31)27-11-13-6-15(7-13)20-18-8-17(24)9-19(25)22(18)28-21(20)14-2-4-16(23)5-3-14/h2-5,8-9,12-13,15,26-29H,6-7,10-11H2,1H3/t12-,13-,15-/m1/s1. The fourth-order valence-electron chi connectivity index (χ4n) is 4.16. The van der Waals surface area contributed by atoms with Gasteiger partial charge in [-0.3, -0.25) is 0 Å². The van der Waals surface area contributed by atoms with Gasteiger partial charge in [-0.15, -0.1) is 0 Å². The molecular weight excluding hydrogens is 443 g/mol. The highest BCUT2D eigenvalue weighted by molar-refractivity contribution is 7.87. The highest BCUT2D eigenvalue weighted by Crippen LogP contribution is 2.48. The van der Waals surface area contributed by atoms with Crippen molar-refractivity contribution in [2.45, 2.75) is 31.8 Å². The van der Waals surface area contributed by atoms with Crippen LogP contribution in [0.25, 0.3) is 22.2 Å². The van der Waals surface area contributed by atoms with E-state index >= 15 is 0 Å². The van der Waals surface area contributed by atoms with E-state index in [-0.39, 0.29) is 30.4 Å². The average Bonchev–Trinajstić information content (AvgIpc) is 3.05. The Kier molecular flexibility index (Phi) is 6.30. The summed E-state index contributed by atoms with van der Waals surface area (Å²) in [6.45, 7) is 1.60. The third-order valence-electron chi connectivity index (χ3n) is 5.77. The van der Waals surface area contributed by atoms with Crippen molar-refractivity contribution in [1.29, 1.82) is 0 Å². The highest BCUT2D eigenvalue weighted by Gasteiger charge is 2.35. The van der Waals surface area contributed by atoms with Crippen molar-refractivity contribution in [2.75, 3.05) is 13.1 Å². The molecule has 0 aliphatic heterocycles. The molecule has 0 bridgehead atoms. The molecule has 172 valence electrons. The highest BCUT2D eigenvalue weighted by atomic mass is 32.2. The topological polar surface area (TPSA) is 94.2 Å². The number of fused-ring (bicyclic) bond motifs is 1. The smallest absolute Gasteiger partial charge is 0.277 e. The second-order valence-corrected chi connectivity index (χ2v) is 9.90. The molecule has 0 radical (unpaired) electrons. The minimum atomic E-state index is -3.72. The summed E-state index contributed by atoms with van der Waals surface area (Å²) in [5, 5.41) is 9.65. The quantitative estimate of drug-likeness (QED) is 0.408. The predicted molar refractivity (Wildman–Crippen MR) is 116 cm³/mol. The maximum atomic E-state index is 14.4. The van der Waals surface area contributed by atoms with Gasteiger partial charge in [0.2, 0.25) is 0 Å². The van der Waals surface area contributed by atoms with E-state index in [0.29, 0.717) is 29.5 Å². The first-order chi connectivity index (χ1) is 15.1. The molecule has 32 heavy (non-hydrogen) atoms. The van der Waals surface area contributed by atoms with E-state index in [1.54, 1.807) is 12.1 Å². The Morgan fingerprint density at radius 3 is 2.44 bits per heavy atom. The lowest BCUT2D eigenvalue weighted by atomic mass is 9.70. The van der Waals surface area contributed by atoms with E-state index in [1.807, 2.05) is 0 Å². The summed E-state index contributed by atoms with van der Waals surface area (Å²) < 4.78 is 70.5. The van der Waals surface area contributed by atoms with Crippen LogP contribution in [0.1, 0.15) is 31.2 Å². The summed E-state index contributed by atoms with van der Waals surface area (Å²) in [4.78, 5) is 3.03. The molecule has 0 unspecified atom stereocenters. The molecule has 6 nitrogen and oxygen atoms in total. The van der Waals surface area contributed by atoms with Gasteiger partial charge in [-0.2, -0.15) is 13.1 Å². The summed E-state index contributed by atoms with van der Waals surface area (Å²) in [7, 11) is -3.72. The first kappa shape index (κ1) is 22.8. The van der Waals surface area contributed by atoms with Crippen molar-refractivity contribution in [3.63, 3.8) is 0 Å². The Balaban J connectivity index is 1.56. The molecule has 0 spiro atoms. The summed E-state index contributed by atoms with van der Waals surface area (Å²) in [6.07, 6.45) is 0.448. The van der Waals surface area contributed by atoms with Crippen molar-refractivity contribution in [2.24, 2.45) is 5.92 Å². The molecule has 0 saturated heterocycles. The molecule has 1 heterocycles. The van der Waals surface area contributed by atoms with Crippen molar-refractivity contribution >= 4 is 21.1 Å². The largest absolute Gasteiger partial charge is 0.392 e. The number of halogens is 3. The minimum Gasteiger partial charge on any atom is -0.392 e. The van der Waals surface area contributed by atoms with E-state index in [2.05, 4.69) is 14.4 Å². The third-order valence-corrected chi connectivity index (χ3v) is 6.87. The molecule has 1 saturated carbocycles. The Morgan fingerprint density at radius 2 is 1.78 bits per heavy atom. The molecule has 10 heteroatoms. The zero-order valence-corrected chi connectivity index (χ0v) is 18.1. The van der Waals surface area contributed by atoms with Gasteiger partial charge in [0.25, 0.3) is 10.2 Å². The lowest BCUT2D eigenvalue weighted by Crippen LogP contribution is -2.43. The summed E-state index contributed by atoms with van der Waals surface area (Å²) in [5.74, 6) is -1.78. The van der Waals surface area contributed by atoms with Crippen molar-refractivity contribution in [3.05, 3.63) is 59.4 Å². The monoisotopic (exact) mass is 467 g/mol. The Hall–Kier alpha value is -2.40. The van der Waals surface area contributed by atoms with Crippen LogP contribution in [0.3, 0.4) is 0 Å². The average molecular weight is 468 g/mol. The van der Waals surface area contributed by atoms with Crippen molar-refractivity contribution < 1.29 is 26.7 Å². The molecular formula is C22H24F3N3O3S. The van der Waals surface area contributed by atoms with Crippen LogP contribution < -0.4 is 9.44 Å². The van der Waals surface area contributed by atoms with Crippen LogP contribution in [0, 0.1) is 23.4 Å². The van der Waals surface area contributed by atoms with Gasteiger partial charge in [0.05, 0.1) is 17.3 Å². The first-order valence-electron chi connectivity index (χ1n) is 10.3. The van der Waals surface area contributed by atoms with E-state index in [9.17, 15) is 26.7 Å². The molecule has 1 aliphatic rings. The van der Waals surface area contributed by atoms with E-state index in [0.717, 1.165) is 11.6 Å². The van der Waals surface area contributed by atoms with Gasteiger partial charge in [0.1, 0.15) is 17.5 Å². The number of hydrogen-bond acceptors (Lipinski definition) is 3. The Morgan fingerprint density at radius 1 is 1.09 bits per heavy atom. The fourth-order valence-corrected chi connectivity index (χ4v) is 5.17. The van der Waals surface area contributed by atoms with Crippen LogP contribution in [-0.2, 0) is 10.2 Å². The maximum absolute atomic E-state index is 14.4. The molecule has 1 fully saturated rings. The van der Waals surface area contributed by atoms with E-state index in [4.69, 9.17) is 0 Å². The number of benzene rings is 2. The number of H-pyrrole nitrogens is 1. The Bertz CT molecular complexity index is 1220. The van der Waals surface area contributed by atoms with Crippen LogP contribution in [0.15, 0.2) is 36.4 Å². The van der Waals surface area contributed by atoms with Crippen LogP contribution >= 0.6 is 0 Å². The number of aliphatic hydroxyl groups excluding tert-OH is 1. The number of aromatic amines is 1. The summed E-state index contributed by atoms with van der Waals surface area (Å²) >= 11 is 0. The molecule has 1 aliphatic carbocycles. The van der Waals surface area contributed by atoms with Gasteiger partial charge in [-0.1, -0.05) is 0 Å².